The van der Waals surface area contributed by atoms with Crippen LogP contribution in [0.4, 0.5) is 10.1 Å². The van der Waals surface area contributed by atoms with Crippen molar-refractivity contribution >= 4 is 33.5 Å². The number of likely N-dealkylation sites (tertiary alicyclic amines) is 1. The Hall–Kier alpha value is -5.27. The molecule has 0 atom stereocenters. The quantitative estimate of drug-likeness (QED) is 0.198. The highest BCUT2D eigenvalue weighted by atomic mass is 19.1. The van der Waals surface area contributed by atoms with Gasteiger partial charge in [-0.15, -0.1) is 0 Å². The van der Waals surface area contributed by atoms with Crippen LogP contribution < -0.4 is 10.1 Å². The van der Waals surface area contributed by atoms with Gasteiger partial charge in [0.05, 0.1) is 53.1 Å². The molecular weight excluding hydrogens is 587 g/mol. The number of pyridine rings is 3. The largest absolute Gasteiger partial charge is 0.492 e. The van der Waals surface area contributed by atoms with Gasteiger partial charge in [0, 0.05) is 41.5 Å². The van der Waals surface area contributed by atoms with Gasteiger partial charge in [0.2, 0.25) is 5.91 Å². The molecule has 234 valence electrons. The molecule has 46 heavy (non-hydrogen) atoms. The van der Waals surface area contributed by atoms with Crippen molar-refractivity contribution in [1.29, 1.82) is 0 Å². The van der Waals surface area contributed by atoms with Crippen molar-refractivity contribution < 1.29 is 13.9 Å². The molecule has 1 aliphatic rings. The molecule has 0 saturated carbocycles. The zero-order chi connectivity index (χ0) is 31.6. The molecule has 7 rings (SSSR count). The third-order valence-electron chi connectivity index (χ3n) is 7.90. The minimum Gasteiger partial charge on any atom is -0.492 e. The van der Waals surface area contributed by atoms with Gasteiger partial charge in [0.1, 0.15) is 23.9 Å². The Labute approximate surface area is 264 Å². The lowest BCUT2D eigenvalue weighted by molar-refractivity contribution is -0.116. The van der Waals surface area contributed by atoms with Gasteiger partial charge < -0.3 is 19.9 Å². The predicted octanol–water partition coefficient (Wildman–Crippen LogP) is 4.74. The number of aromatic amines is 2. The third kappa shape index (κ3) is 6.28. The van der Waals surface area contributed by atoms with Crippen LogP contribution in [0.1, 0.15) is 12.8 Å². The van der Waals surface area contributed by atoms with Crippen molar-refractivity contribution in [2.75, 3.05) is 52.2 Å². The number of hydrogen-bond donors (Lipinski definition) is 3. The molecule has 12 nitrogen and oxygen atoms in total. The van der Waals surface area contributed by atoms with Gasteiger partial charge in [-0.1, -0.05) is 0 Å². The topological polar surface area (TPSA) is 141 Å². The maximum absolute atomic E-state index is 14.8. The van der Waals surface area contributed by atoms with Crippen LogP contribution in [0.25, 0.3) is 55.8 Å². The first-order chi connectivity index (χ1) is 22.4. The number of hydrogen-bond acceptors (Lipinski definition) is 9. The van der Waals surface area contributed by atoms with E-state index in [1.807, 2.05) is 32.3 Å². The van der Waals surface area contributed by atoms with Gasteiger partial charge >= 0.3 is 0 Å². The second-order valence-corrected chi connectivity index (χ2v) is 11.7. The molecule has 6 aromatic rings. The number of imidazole rings is 1. The summed E-state index contributed by atoms with van der Waals surface area (Å²) < 4.78 is 20.7. The Morgan fingerprint density at radius 1 is 1.00 bits per heavy atom. The first kappa shape index (κ1) is 29.4. The molecule has 0 aliphatic carbocycles. The van der Waals surface area contributed by atoms with E-state index in [0.29, 0.717) is 57.4 Å². The lowest BCUT2D eigenvalue weighted by atomic mass is 10.1. The Balaban J connectivity index is 1.18. The summed E-state index contributed by atoms with van der Waals surface area (Å²) in [5.41, 5.74) is 5.89. The zero-order valence-corrected chi connectivity index (χ0v) is 25.5. The number of H-pyrrole nitrogens is 2. The molecule has 6 heterocycles. The normalized spacial score (nSPS) is 13.7. The summed E-state index contributed by atoms with van der Waals surface area (Å²) in [4.78, 5) is 37.9. The van der Waals surface area contributed by atoms with Crippen LogP contribution in [0.3, 0.4) is 0 Å². The van der Waals surface area contributed by atoms with E-state index >= 15 is 0 Å². The van der Waals surface area contributed by atoms with Crippen molar-refractivity contribution in [3.63, 3.8) is 0 Å². The van der Waals surface area contributed by atoms with Crippen LogP contribution in [0, 0.1) is 5.82 Å². The first-order valence-electron chi connectivity index (χ1n) is 15.1. The van der Waals surface area contributed by atoms with Gasteiger partial charge in [-0.05, 0) is 69.9 Å². The molecule has 0 spiro atoms. The summed E-state index contributed by atoms with van der Waals surface area (Å²) >= 11 is 0. The summed E-state index contributed by atoms with van der Waals surface area (Å²) in [6.45, 7) is 3.73. The van der Waals surface area contributed by atoms with Gasteiger partial charge in [-0.25, -0.2) is 9.37 Å². The highest BCUT2D eigenvalue weighted by Gasteiger charge is 2.18. The molecule has 1 aromatic carbocycles. The fourth-order valence-corrected chi connectivity index (χ4v) is 5.75. The number of carbonyl (C=O) groups excluding carboxylic acids is 1. The number of fused-ring (bicyclic) bond motifs is 2. The summed E-state index contributed by atoms with van der Waals surface area (Å²) in [5.74, 6) is 0.461. The number of amides is 1. The monoisotopic (exact) mass is 620 g/mol. The number of ether oxygens (including phenoxy) is 1. The number of benzene rings is 1. The number of nitrogens with one attached hydrogen (secondary N) is 3. The Kier molecular flexibility index (Phi) is 8.07. The molecule has 5 aromatic heterocycles. The number of carbonyl (C=O) groups is 1. The second kappa shape index (κ2) is 12.6. The smallest absolute Gasteiger partial charge is 0.238 e. The molecular formula is C33H33FN10O2. The maximum atomic E-state index is 14.8. The molecule has 3 N–H and O–H groups in total. The molecule has 1 amide bonds. The molecule has 1 aliphatic heterocycles. The lowest BCUT2D eigenvalue weighted by Crippen LogP contribution is -2.27. The molecule has 13 heteroatoms. The Bertz CT molecular complexity index is 2030. The van der Waals surface area contributed by atoms with Gasteiger partial charge in [-0.2, -0.15) is 5.10 Å². The SMILES string of the molecule is CN(C)CC(=O)Nc1cncc(-c2cc3c(-c4nc5c(-c6cc(F)cc(OCCN7CCCC7)c6)cncc5[nH]4)n[nH]c3cn2)c1. The maximum Gasteiger partial charge on any atom is 0.238 e. The zero-order valence-electron chi connectivity index (χ0n) is 25.5. The van der Waals surface area contributed by atoms with E-state index in [1.54, 1.807) is 35.9 Å². The average Bonchev–Trinajstić information content (AvgIpc) is 3.80. The Morgan fingerprint density at radius 2 is 1.85 bits per heavy atom. The minimum atomic E-state index is -0.393. The third-order valence-corrected chi connectivity index (χ3v) is 7.90. The van der Waals surface area contributed by atoms with E-state index in [4.69, 9.17) is 9.72 Å². The van der Waals surface area contributed by atoms with Crippen LogP contribution in [-0.2, 0) is 4.79 Å². The molecule has 0 bridgehead atoms. The van der Waals surface area contributed by atoms with Crippen molar-refractivity contribution in [2.24, 2.45) is 0 Å². The molecule has 0 unspecified atom stereocenters. The predicted molar refractivity (Wildman–Crippen MR) is 174 cm³/mol. The molecule has 1 fully saturated rings. The van der Waals surface area contributed by atoms with Crippen LogP contribution in [-0.4, -0.2) is 97.7 Å². The second-order valence-electron chi connectivity index (χ2n) is 11.7. The van der Waals surface area contributed by atoms with E-state index in [-0.39, 0.29) is 12.5 Å². The highest BCUT2D eigenvalue weighted by Crippen LogP contribution is 2.34. The molecule has 1 saturated heterocycles. The van der Waals surface area contributed by atoms with E-state index in [9.17, 15) is 9.18 Å². The number of aromatic nitrogens is 7. The average molecular weight is 621 g/mol. The number of rotatable bonds is 10. The van der Waals surface area contributed by atoms with E-state index in [1.165, 1.54) is 25.0 Å². The van der Waals surface area contributed by atoms with E-state index in [2.05, 4.69) is 40.3 Å². The summed E-state index contributed by atoms with van der Waals surface area (Å²) in [6, 6.07) is 8.43. The van der Waals surface area contributed by atoms with Gasteiger partial charge in [0.25, 0.3) is 0 Å². The minimum absolute atomic E-state index is 0.136. The van der Waals surface area contributed by atoms with Crippen LogP contribution in [0.2, 0.25) is 0 Å². The van der Waals surface area contributed by atoms with Gasteiger partial charge in [0.15, 0.2) is 5.82 Å². The Morgan fingerprint density at radius 3 is 2.70 bits per heavy atom. The van der Waals surface area contributed by atoms with Crippen molar-refractivity contribution in [1.82, 2.24) is 44.9 Å². The summed E-state index contributed by atoms with van der Waals surface area (Å²) in [6.07, 6.45) is 10.8. The molecule has 0 radical (unpaired) electrons. The fourth-order valence-electron chi connectivity index (χ4n) is 5.75. The number of nitrogens with zero attached hydrogens (tertiary/aromatic N) is 7. The number of anilines is 1. The number of likely N-dealkylation sites (N-methyl/N-ethyl adjacent to an activating group) is 1. The fraction of sp³-hybridized carbons (Fsp3) is 0.273. The highest BCUT2D eigenvalue weighted by molar-refractivity contribution is 5.98. The van der Waals surface area contributed by atoms with Crippen LogP contribution in [0.15, 0.2) is 61.3 Å². The summed E-state index contributed by atoms with van der Waals surface area (Å²) in [7, 11) is 3.67. The van der Waals surface area contributed by atoms with E-state index in [0.717, 1.165) is 36.1 Å². The van der Waals surface area contributed by atoms with Gasteiger partial charge in [-0.3, -0.25) is 29.7 Å². The summed E-state index contributed by atoms with van der Waals surface area (Å²) in [5, 5.41) is 11.2. The van der Waals surface area contributed by atoms with Crippen LogP contribution in [0.5, 0.6) is 5.75 Å². The van der Waals surface area contributed by atoms with Crippen molar-refractivity contribution in [3.05, 3.63) is 67.1 Å². The van der Waals surface area contributed by atoms with E-state index < -0.39 is 5.82 Å². The standard InChI is InChI=1S/C33H33FN10O2/c1-43(2)19-30(45)38-23-10-21(14-35-15-23)27-13-25-28(18-37-27)41-42-32(25)33-39-29-17-36-16-26(31(29)40-33)20-9-22(34)12-24(11-20)46-8-7-44-5-3-4-6-44/h9-18H,3-8,19H2,1-2H3,(H,38,45)(H,39,40)(H,41,42). The first-order valence-corrected chi connectivity index (χ1v) is 15.1. The number of halogens is 1. The lowest BCUT2D eigenvalue weighted by Gasteiger charge is -2.15. The van der Waals surface area contributed by atoms with Crippen molar-refractivity contribution in [2.45, 2.75) is 12.8 Å². The van der Waals surface area contributed by atoms with Crippen LogP contribution >= 0.6 is 0 Å². The van der Waals surface area contributed by atoms with Crippen molar-refractivity contribution in [3.8, 4) is 39.7 Å².